The molecule has 0 radical (unpaired) electrons. The summed E-state index contributed by atoms with van der Waals surface area (Å²) in [5.74, 6) is 4.53. The van der Waals surface area contributed by atoms with Crippen molar-refractivity contribution < 1.29 is 14.2 Å². The molecule has 34 heavy (non-hydrogen) atoms. The molecule has 3 heteroatoms. The maximum absolute atomic E-state index is 7.05. The van der Waals surface area contributed by atoms with E-state index in [1.807, 2.05) is 7.11 Å². The van der Waals surface area contributed by atoms with Crippen molar-refractivity contribution in [3.05, 3.63) is 11.6 Å². The summed E-state index contributed by atoms with van der Waals surface area (Å²) in [5, 5.41) is 0. The van der Waals surface area contributed by atoms with Gasteiger partial charge in [-0.05, 0) is 118 Å². The Bertz CT molecular complexity index is 777. The molecule has 0 bridgehead atoms. The van der Waals surface area contributed by atoms with Crippen molar-refractivity contribution in [1.29, 1.82) is 0 Å². The molecule has 0 amide bonds. The molecule has 5 aliphatic rings. The van der Waals surface area contributed by atoms with Gasteiger partial charge in [-0.25, -0.2) is 0 Å². The molecule has 1 aliphatic heterocycles. The zero-order chi connectivity index (χ0) is 24.3. The fraction of sp³-hybridized carbons (Fsp3) is 0.935. The number of rotatable bonds is 7. The van der Waals surface area contributed by atoms with E-state index >= 15 is 0 Å². The predicted molar refractivity (Wildman–Crippen MR) is 139 cm³/mol. The van der Waals surface area contributed by atoms with Gasteiger partial charge in [0.25, 0.3) is 0 Å². The number of allylic oxidation sites excluding steroid dienone is 1. The van der Waals surface area contributed by atoms with Gasteiger partial charge in [-0.15, -0.1) is 0 Å². The summed E-state index contributed by atoms with van der Waals surface area (Å²) in [6.07, 6.45) is 15.2. The maximum Gasteiger partial charge on any atom is 0.0687 e. The minimum atomic E-state index is 0.0332. The summed E-state index contributed by atoms with van der Waals surface area (Å²) >= 11 is 0. The van der Waals surface area contributed by atoms with Crippen LogP contribution in [0.1, 0.15) is 99.3 Å². The summed E-state index contributed by atoms with van der Waals surface area (Å²) < 4.78 is 18.5. The maximum atomic E-state index is 7.05. The molecule has 0 spiro atoms. The van der Waals surface area contributed by atoms with Crippen molar-refractivity contribution in [2.75, 3.05) is 20.3 Å². The summed E-state index contributed by atoms with van der Waals surface area (Å²) in [4.78, 5) is 0. The van der Waals surface area contributed by atoms with Gasteiger partial charge in [-0.2, -0.15) is 0 Å². The molecule has 4 aliphatic carbocycles. The average Bonchev–Trinajstić information content (AvgIpc) is 3.23. The molecule has 1 saturated heterocycles. The smallest absolute Gasteiger partial charge is 0.0687 e. The van der Waals surface area contributed by atoms with E-state index in [2.05, 4.69) is 47.6 Å². The first-order valence-corrected chi connectivity index (χ1v) is 14.6. The fourth-order valence-corrected chi connectivity index (χ4v) is 10.1. The van der Waals surface area contributed by atoms with Crippen LogP contribution in [0.15, 0.2) is 11.6 Å². The van der Waals surface area contributed by atoms with Gasteiger partial charge in [-0.1, -0.05) is 39.3 Å². The van der Waals surface area contributed by atoms with E-state index in [0.717, 1.165) is 36.9 Å². The Labute approximate surface area is 209 Å². The van der Waals surface area contributed by atoms with Crippen molar-refractivity contribution in [1.82, 2.24) is 0 Å². The van der Waals surface area contributed by atoms with Gasteiger partial charge < -0.3 is 14.2 Å². The van der Waals surface area contributed by atoms with Gasteiger partial charge in [0.1, 0.15) is 0 Å². The van der Waals surface area contributed by atoms with Gasteiger partial charge >= 0.3 is 0 Å². The van der Waals surface area contributed by atoms with Crippen LogP contribution in [0.25, 0.3) is 0 Å². The molecule has 194 valence electrons. The van der Waals surface area contributed by atoms with Crippen molar-refractivity contribution in [2.24, 2.45) is 46.3 Å². The number of methoxy groups -OCH3 is 1. The van der Waals surface area contributed by atoms with Crippen LogP contribution in [0, 0.1) is 46.3 Å². The summed E-state index contributed by atoms with van der Waals surface area (Å²) in [6.45, 7) is 16.4. The lowest BCUT2D eigenvalue weighted by molar-refractivity contribution is -0.0817. The Kier molecular flexibility index (Phi) is 6.82. The zero-order valence-electron chi connectivity index (χ0n) is 23.2. The standard InChI is InChI=1S/C31H52O3/c1-8-33-23-12-14-29(4)22(17-23)9-10-24-25(29)13-15-30(5)26(24)18-27-28(30)21(3)31(6,34-27)16-11-20(2)19-32-7/h9,20-21,23-28H,8,10-19H2,1-7H3/t20-,21?,23?,24?,25?,26?,27?,28?,29?,30?,31+/m0/s1. The summed E-state index contributed by atoms with van der Waals surface area (Å²) in [6, 6.07) is 0. The van der Waals surface area contributed by atoms with Crippen molar-refractivity contribution in [2.45, 2.75) is 117 Å². The van der Waals surface area contributed by atoms with Crippen LogP contribution in [0.4, 0.5) is 0 Å². The molecular weight excluding hydrogens is 420 g/mol. The van der Waals surface area contributed by atoms with Gasteiger partial charge in [0, 0.05) is 20.3 Å². The van der Waals surface area contributed by atoms with Crippen LogP contribution < -0.4 is 0 Å². The van der Waals surface area contributed by atoms with Crippen molar-refractivity contribution in [3.63, 3.8) is 0 Å². The number of hydrogen-bond donors (Lipinski definition) is 0. The van der Waals surface area contributed by atoms with E-state index in [4.69, 9.17) is 14.2 Å². The van der Waals surface area contributed by atoms with E-state index in [9.17, 15) is 0 Å². The lowest BCUT2D eigenvalue weighted by Gasteiger charge is -2.58. The van der Waals surface area contributed by atoms with Crippen LogP contribution >= 0.6 is 0 Å². The molecule has 1 heterocycles. The van der Waals surface area contributed by atoms with Crippen LogP contribution in [0.3, 0.4) is 0 Å². The highest BCUT2D eigenvalue weighted by molar-refractivity contribution is 5.26. The molecule has 0 aromatic rings. The second-order valence-corrected chi connectivity index (χ2v) is 13.7. The lowest BCUT2D eigenvalue weighted by Crippen LogP contribution is -2.51. The number of fused-ring (bicyclic) bond motifs is 7. The molecule has 11 atom stereocenters. The quantitative estimate of drug-likeness (QED) is 0.360. The Hall–Kier alpha value is -0.380. The summed E-state index contributed by atoms with van der Waals surface area (Å²) in [7, 11) is 1.82. The largest absolute Gasteiger partial charge is 0.384 e. The third kappa shape index (κ3) is 3.86. The first-order chi connectivity index (χ1) is 16.2. The Morgan fingerprint density at radius 1 is 1.15 bits per heavy atom. The van der Waals surface area contributed by atoms with E-state index in [0.29, 0.717) is 34.9 Å². The van der Waals surface area contributed by atoms with Crippen LogP contribution in [-0.2, 0) is 14.2 Å². The predicted octanol–water partition coefficient (Wildman–Crippen LogP) is 7.44. The first-order valence-electron chi connectivity index (χ1n) is 14.6. The second kappa shape index (κ2) is 9.18. The van der Waals surface area contributed by atoms with Crippen molar-refractivity contribution in [3.8, 4) is 0 Å². The molecule has 5 rings (SSSR count). The molecule has 9 unspecified atom stereocenters. The van der Waals surface area contributed by atoms with Gasteiger partial charge in [0.2, 0.25) is 0 Å². The van der Waals surface area contributed by atoms with E-state index < -0.39 is 0 Å². The molecule has 3 nitrogen and oxygen atoms in total. The fourth-order valence-electron chi connectivity index (χ4n) is 10.1. The molecule has 0 aromatic heterocycles. The number of hydrogen-bond acceptors (Lipinski definition) is 3. The Balaban J connectivity index is 1.32. The highest BCUT2D eigenvalue weighted by Crippen LogP contribution is 2.70. The normalized spacial score (nSPS) is 50.7. The van der Waals surface area contributed by atoms with E-state index in [-0.39, 0.29) is 5.60 Å². The van der Waals surface area contributed by atoms with Crippen LogP contribution in [-0.4, -0.2) is 38.1 Å². The Morgan fingerprint density at radius 3 is 2.68 bits per heavy atom. The van der Waals surface area contributed by atoms with Gasteiger partial charge in [0.15, 0.2) is 0 Å². The molecule has 0 N–H and O–H groups in total. The van der Waals surface area contributed by atoms with Crippen molar-refractivity contribution >= 4 is 0 Å². The molecular formula is C31H52O3. The molecule has 3 saturated carbocycles. The Morgan fingerprint density at radius 2 is 1.94 bits per heavy atom. The van der Waals surface area contributed by atoms with Gasteiger partial charge in [-0.3, -0.25) is 0 Å². The third-order valence-corrected chi connectivity index (χ3v) is 12.1. The minimum Gasteiger partial charge on any atom is -0.384 e. The monoisotopic (exact) mass is 472 g/mol. The van der Waals surface area contributed by atoms with E-state index in [1.165, 1.54) is 57.8 Å². The minimum absolute atomic E-state index is 0.0332. The highest BCUT2D eigenvalue weighted by Gasteiger charge is 2.66. The third-order valence-electron chi connectivity index (χ3n) is 12.1. The topological polar surface area (TPSA) is 27.7 Å². The second-order valence-electron chi connectivity index (χ2n) is 13.7. The SMILES string of the molecule is CCOC1CCC2(C)C(=CCC3C2CCC2(C)C3CC3O[C@](C)(CC[C@H](C)COC)C(C)C32)C1. The van der Waals surface area contributed by atoms with E-state index in [1.54, 1.807) is 5.57 Å². The average molecular weight is 473 g/mol. The number of ether oxygens (including phenoxy) is 3. The zero-order valence-corrected chi connectivity index (χ0v) is 23.2. The highest BCUT2D eigenvalue weighted by atomic mass is 16.5. The summed E-state index contributed by atoms with van der Waals surface area (Å²) in [5.41, 5.74) is 2.63. The first kappa shape index (κ1) is 25.3. The lowest BCUT2D eigenvalue weighted by atomic mass is 9.46. The molecule has 4 fully saturated rings. The molecule has 0 aromatic carbocycles. The van der Waals surface area contributed by atoms with Gasteiger partial charge in [0.05, 0.1) is 17.8 Å². The van der Waals surface area contributed by atoms with Crippen LogP contribution in [0.5, 0.6) is 0 Å². The van der Waals surface area contributed by atoms with Crippen LogP contribution in [0.2, 0.25) is 0 Å².